The molecule has 2 rings (SSSR count). The monoisotopic (exact) mass is 268 g/mol. The molecule has 0 aromatic carbocycles. The Morgan fingerprint density at radius 2 is 1.89 bits per heavy atom. The van der Waals surface area contributed by atoms with Crippen molar-refractivity contribution in [2.45, 2.75) is 57.1 Å². The number of carbonyl (C=O) groups is 2. The molecular weight excluding hydrogens is 244 g/mol. The van der Waals surface area contributed by atoms with Crippen LogP contribution in [0.2, 0.25) is 0 Å². The minimum absolute atomic E-state index is 0.0568. The molecule has 2 aliphatic rings. The van der Waals surface area contributed by atoms with E-state index in [0.717, 1.165) is 38.5 Å². The minimum atomic E-state index is -0.544. The van der Waals surface area contributed by atoms with Crippen molar-refractivity contribution < 1.29 is 14.7 Å². The number of hydrogen-bond donors (Lipinski definition) is 2. The summed E-state index contributed by atoms with van der Waals surface area (Å²) < 4.78 is 0. The maximum atomic E-state index is 12.5. The van der Waals surface area contributed by atoms with Gasteiger partial charge in [0.15, 0.2) is 0 Å². The summed E-state index contributed by atoms with van der Waals surface area (Å²) in [6, 6.07) is -0.371. The summed E-state index contributed by atoms with van der Waals surface area (Å²) in [4.78, 5) is 26.0. The number of likely N-dealkylation sites (N-methyl/N-ethyl adjacent to an activating group) is 1. The van der Waals surface area contributed by atoms with Crippen molar-refractivity contribution in [1.29, 1.82) is 0 Å². The lowest BCUT2D eigenvalue weighted by molar-refractivity contribution is -0.146. The van der Waals surface area contributed by atoms with Gasteiger partial charge in [-0.25, -0.2) is 0 Å². The van der Waals surface area contributed by atoms with Crippen LogP contribution < -0.4 is 5.32 Å². The minimum Gasteiger partial charge on any atom is -0.392 e. The van der Waals surface area contributed by atoms with Gasteiger partial charge in [0.25, 0.3) is 0 Å². The number of hydrogen-bond acceptors (Lipinski definition) is 3. The molecule has 1 aliphatic heterocycles. The fraction of sp³-hybridized carbons (Fsp3) is 0.857. The van der Waals surface area contributed by atoms with Gasteiger partial charge in [0.1, 0.15) is 6.04 Å². The molecule has 5 nitrogen and oxygen atoms in total. The molecule has 19 heavy (non-hydrogen) atoms. The first-order valence-corrected chi connectivity index (χ1v) is 7.33. The molecule has 1 heterocycles. The quantitative estimate of drug-likeness (QED) is 0.773. The van der Waals surface area contributed by atoms with Crippen LogP contribution >= 0.6 is 0 Å². The molecule has 2 fully saturated rings. The highest BCUT2D eigenvalue weighted by molar-refractivity contribution is 5.88. The van der Waals surface area contributed by atoms with E-state index in [2.05, 4.69) is 5.32 Å². The first kappa shape index (κ1) is 14.3. The van der Waals surface area contributed by atoms with Crippen molar-refractivity contribution in [2.75, 3.05) is 13.6 Å². The number of nitrogens with one attached hydrogen (secondary N) is 1. The van der Waals surface area contributed by atoms with Gasteiger partial charge in [-0.05, 0) is 32.1 Å². The fourth-order valence-corrected chi connectivity index (χ4v) is 3.11. The molecule has 0 bridgehead atoms. The second-order valence-corrected chi connectivity index (χ2v) is 5.71. The van der Waals surface area contributed by atoms with Crippen molar-refractivity contribution in [3.8, 4) is 0 Å². The Bertz CT molecular complexity index is 346. The van der Waals surface area contributed by atoms with E-state index in [-0.39, 0.29) is 23.8 Å². The Morgan fingerprint density at radius 3 is 2.63 bits per heavy atom. The van der Waals surface area contributed by atoms with Crippen LogP contribution in [0.1, 0.15) is 44.9 Å². The average molecular weight is 268 g/mol. The largest absolute Gasteiger partial charge is 0.392 e. The van der Waals surface area contributed by atoms with Gasteiger partial charge >= 0.3 is 0 Å². The third kappa shape index (κ3) is 3.26. The number of rotatable bonds is 2. The highest BCUT2D eigenvalue weighted by Gasteiger charge is 2.36. The van der Waals surface area contributed by atoms with Crippen molar-refractivity contribution in [1.82, 2.24) is 10.2 Å². The third-order valence-electron chi connectivity index (χ3n) is 4.37. The lowest BCUT2D eigenvalue weighted by Crippen LogP contribution is -2.50. The Balaban J connectivity index is 2.02. The van der Waals surface area contributed by atoms with Crippen LogP contribution in [0.4, 0.5) is 0 Å². The summed E-state index contributed by atoms with van der Waals surface area (Å²) in [6.07, 6.45) is 5.50. The Hall–Kier alpha value is -1.10. The fourth-order valence-electron chi connectivity index (χ4n) is 3.11. The lowest BCUT2D eigenvalue weighted by atomic mass is 9.85. The molecule has 0 radical (unpaired) electrons. The number of aliphatic hydroxyl groups is 1. The Labute approximate surface area is 114 Å². The third-order valence-corrected chi connectivity index (χ3v) is 4.37. The molecule has 3 atom stereocenters. The summed E-state index contributed by atoms with van der Waals surface area (Å²) in [5, 5.41) is 12.8. The smallest absolute Gasteiger partial charge is 0.242 e. The van der Waals surface area contributed by atoms with Crippen LogP contribution in [-0.2, 0) is 9.59 Å². The van der Waals surface area contributed by atoms with Gasteiger partial charge in [-0.15, -0.1) is 0 Å². The van der Waals surface area contributed by atoms with E-state index >= 15 is 0 Å². The zero-order valence-electron chi connectivity index (χ0n) is 11.6. The second kappa shape index (κ2) is 6.37. The van der Waals surface area contributed by atoms with Crippen LogP contribution in [0, 0.1) is 5.92 Å². The number of nitrogens with zero attached hydrogens (tertiary/aromatic N) is 1. The maximum Gasteiger partial charge on any atom is 0.242 e. The zero-order valence-corrected chi connectivity index (χ0v) is 11.6. The van der Waals surface area contributed by atoms with Crippen LogP contribution in [0.15, 0.2) is 0 Å². The van der Waals surface area contributed by atoms with Crippen LogP contribution in [-0.4, -0.2) is 47.6 Å². The molecule has 1 saturated heterocycles. The van der Waals surface area contributed by atoms with Gasteiger partial charge in [0, 0.05) is 13.6 Å². The Morgan fingerprint density at radius 1 is 1.21 bits per heavy atom. The number of amides is 2. The van der Waals surface area contributed by atoms with Gasteiger partial charge < -0.3 is 15.3 Å². The molecular formula is C14H24N2O3. The highest BCUT2D eigenvalue weighted by Crippen LogP contribution is 2.27. The van der Waals surface area contributed by atoms with Crippen molar-refractivity contribution in [2.24, 2.45) is 5.92 Å². The van der Waals surface area contributed by atoms with Crippen molar-refractivity contribution >= 4 is 11.8 Å². The van der Waals surface area contributed by atoms with Gasteiger partial charge in [0.2, 0.25) is 11.8 Å². The standard InChI is InChI=1S/C14H24N2O3/c1-16(11-7-4-5-9-15-13(11)18)14(19)10-6-2-3-8-12(10)17/h10-12,17H,2-9H2,1H3,(H,15,18). The summed E-state index contributed by atoms with van der Waals surface area (Å²) in [5.74, 6) is -0.456. The molecule has 1 aliphatic carbocycles. The van der Waals surface area contributed by atoms with Crippen LogP contribution in [0.25, 0.3) is 0 Å². The van der Waals surface area contributed by atoms with E-state index in [9.17, 15) is 14.7 Å². The van der Waals surface area contributed by atoms with Gasteiger partial charge in [0.05, 0.1) is 12.0 Å². The molecule has 0 aromatic rings. The molecule has 1 saturated carbocycles. The normalized spacial score (nSPS) is 32.3. The Kier molecular flexibility index (Phi) is 4.80. The number of aliphatic hydroxyl groups excluding tert-OH is 1. The molecule has 2 amide bonds. The van der Waals surface area contributed by atoms with E-state index in [1.807, 2.05) is 0 Å². The SMILES string of the molecule is CN(C(=O)C1CCCCC1O)C1CCCCNC1=O. The molecule has 0 spiro atoms. The van der Waals surface area contributed by atoms with E-state index in [1.54, 1.807) is 11.9 Å². The van der Waals surface area contributed by atoms with Crippen LogP contribution in [0.3, 0.4) is 0 Å². The molecule has 5 heteroatoms. The molecule has 108 valence electrons. The topological polar surface area (TPSA) is 69.6 Å². The zero-order chi connectivity index (χ0) is 13.8. The predicted octanol–water partition coefficient (Wildman–Crippen LogP) is 0.665. The van der Waals surface area contributed by atoms with E-state index < -0.39 is 6.10 Å². The second-order valence-electron chi connectivity index (χ2n) is 5.71. The highest BCUT2D eigenvalue weighted by atomic mass is 16.3. The molecule has 2 N–H and O–H groups in total. The first-order chi connectivity index (χ1) is 9.11. The molecule has 3 unspecified atom stereocenters. The van der Waals surface area contributed by atoms with E-state index in [1.165, 1.54) is 0 Å². The first-order valence-electron chi connectivity index (χ1n) is 7.33. The lowest BCUT2D eigenvalue weighted by Gasteiger charge is -2.33. The van der Waals surface area contributed by atoms with Crippen molar-refractivity contribution in [3.05, 3.63) is 0 Å². The summed E-state index contributed by atoms with van der Waals surface area (Å²) >= 11 is 0. The molecule has 0 aromatic heterocycles. The van der Waals surface area contributed by atoms with Crippen molar-refractivity contribution in [3.63, 3.8) is 0 Å². The maximum absolute atomic E-state index is 12.5. The predicted molar refractivity (Wildman–Crippen MR) is 71.4 cm³/mol. The van der Waals surface area contributed by atoms with Crippen LogP contribution in [0.5, 0.6) is 0 Å². The van der Waals surface area contributed by atoms with E-state index in [4.69, 9.17) is 0 Å². The summed E-state index contributed by atoms with van der Waals surface area (Å²) in [5.41, 5.74) is 0. The van der Waals surface area contributed by atoms with Gasteiger partial charge in [-0.1, -0.05) is 12.8 Å². The summed E-state index contributed by atoms with van der Waals surface area (Å²) in [6.45, 7) is 0.698. The van der Waals surface area contributed by atoms with Gasteiger partial charge in [-0.3, -0.25) is 9.59 Å². The van der Waals surface area contributed by atoms with Gasteiger partial charge in [-0.2, -0.15) is 0 Å². The summed E-state index contributed by atoms with van der Waals surface area (Å²) in [7, 11) is 1.69. The average Bonchev–Trinajstić information content (AvgIpc) is 2.62. The number of carbonyl (C=O) groups excluding carboxylic acids is 2. The van der Waals surface area contributed by atoms with E-state index in [0.29, 0.717) is 13.0 Å².